The normalized spacial score (nSPS) is 23.2. The number of aryl methyl sites for hydroxylation is 1. The number of hydrogen-bond acceptors (Lipinski definition) is 4. The number of hydrogen-bond donors (Lipinski definition) is 1. The first kappa shape index (κ1) is 18.6. The number of benzene rings is 1. The van der Waals surface area contributed by atoms with E-state index in [9.17, 15) is 4.79 Å². The summed E-state index contributed by atoms with van der Waals surface area (Å²) in [5.41, 5.74) is 1.79. The second-order valence-electron chi connectivity index (χ2n) is 7.57. The van der Waals surface area contributed by atoms with E-state index in [0.717, 1.165) is 36.3 Å². The van der Waals surface area contributed by atoms with Gasteiger partial charge in [0.15, 0.2) is 0 Å². The molecule has 1 N–H and O–H groups in total. The maximum Gasteiger partial charge on any atom is 0.226 e. The molecule has 1 aliphatic heterocycles. The molecule has 3 atom stereocenters. The number of carbonyl (C=O) groups is 1. The maximum absolute atomic E-state index is 11.6. The van der Waals surface area contributed by atoms with Gasteiger partial charge in [0.25, 0.3) is 0 Å². The van der Waals surface area contributed by atoms with Crippen LogP contribution in [0.25, 0.3) is 11.5 Å². The fourth-order valence-corrected chi connectivity index (χ4v) is 3.69. The average molecular weight is 356 g/mol. The number of nitrogens with zero attached hydrogens (tertiary/aromatic N) is 1. The van der Waals surface area contributed by atoms with E-state index in [0.29, 0.717) is 11.8 Å². The zero-order chi connectivity index (χ0) is 18.7. The van der Waals surface area contributed by atoms with Crippen molar-refractivity contribution in [2.45, 2.75) is 65.2 Å². The van der Waals surface area contributed by atoms with Crippen molar-refractivity contribution in [3.63, 3.8) is 0 Å². The van der Waals surface area contributed by atoms with Gasteiger partial charge in [-0.1, -0.05) is 32.0 Å². The minimum Gasteiger partial charge on any atom is -0.441 e. The Morgan fingerprint density at radius 2 is 2.00 bits per heavy atom. The van der Waals surface area contributed by atoms with Crippen molar-refractivity contribution in [3.05, 3.63) is 41.8 Å². The van der Waals surface area contributed by atoms with Gasteiger partial charge in [0, 0.05) is 18.5 Å². The standard InChI is InChI=1S/C21H28N2O3/c1-13(2)10-18-11-17(22-15(4)24)12-19(26-18)20-14(3)25-21(23-20)16-8-6-5-7-9-16/h5-9,13,17-19H,10-12H2,1-4H3,(H,22,24)/t17-,18+,19+/m0/s1. The Morgan fingerprint density at radius 1 is 1.27 bits per heavy atom. The minimum absolute atomic E-state index is 0.000737. The van der Waals surface area contributed by atoms with Crippen molar-refractivity contribution in [2.75, 3.05) is 0 Å². The van der Waals surface area contributed by atoms with Gasteiger partial charge >= 0.3 is 0 Å². The summed E-state index contributed by atoms with van der Waals surface area (Å²) in [6, 6.07) is 9.98. The van der Waals surface area contributed by atoms with E-state index >= 15 is 0 Å². The van der Waals surface area contributed by atoms with Gasteiger partial charge in [0.2, 0.25) is 11.8 Å². The van der Waals surface area contributed by atoms with Gasteiger partial charge in [-0.25, -0.2) is 4.98 Å². The van der Waals surface area contributed by atoms with Crippen LogP contribution in [0.5, 0.6) is 0 Å². The quantitative estimate of drug-likeness (QED) is 0.861. The first-order chi connectivity index (χ1) is 12.4. The van der Waals surface area contributed by atoms with Crippen molar-refractivity contribution in [1.29, 1.82) is 0 Å². The van der Waals surface area contributed by atoms with E-state index in [1.165, 1.54) is 0 Å². The molecule has 2 aromatic rings. The highest BCUT2D eigenvalue weighted by atomic mass is 16.5. The molecule has 1 fully saturated rings. The number of nitrogens with one attached hydrogen (secondary N) is 1. The van der Waals surface area contributed by atoms with Crippen LogP contribution in [0.15, 0.2) is 34.7 Å². The van der Waals surface area contributed by atoms with Crippen LogP contribution in [-0.4, -0.2) is 23.0 Å². The lowest BCUT2D eigenvalue weighted by molar-refractivity contribution is -0.122. The molecule has 1 aromatic carbocycles. The number of ether oxygens (including phenoxy) is 1. The largest absolute Gasteiger partial charge is 0.441 e. The third-order valence-corrected chi connectivity index (χ3v) is 4.70. The Bertz CT molecular complexity index is 739. The summed E-state index contributed by atoms with van der Waals surface area (Å²) in [6.45, 7) is 7.87. The average Bonchev–Trinajstić information content (AvgIpc) is 2.96. The van der Waals surface area contributed by atoms with Gasteiger partial charge in [-0.3, -0.25) is 4.79 Å². The Balaban J connectivity index is 1.84. The van der Waals surface area contributed by atoms with Gasteiger partial charge in [0.1, 0.15) is 17.6 Å². The summed E-state index contributed by atoms with van der Waals surface area (Å²) in [6.07, 6.45) is 2.48. The van der Waals surface area contributed by atoms with E-state index in [2.05, 4.69) is 19.2 Å². The molecule has 0 unspecified atom stereocenters. The highest BCUT2D eigenvalue weighted by molar-refractivity contribution is 5.73. The van der Waals surface area contributed by atoms with Crippen molar-refractivity contribution in [1.82, 2.24) is 10.3 Å². The molecule has 0 spiro atoms. The van der Waals surface area contributed by atoms with E-state index in [1.54, 1.807) is 6.92 Å². The predicted octanol–water partition coefficient (Wildman–Crippen LogP) is 4.42. The van der Waals surface area contributed by atoms with Crippen molar-refractivity contribution in [3.8, 4) is 11.5 Å². The van der Waals surface area contributed by atoms with Crippen LogP contribution >= 0.6 is 0 Å². The lowest BCUT2D eigenvalue weighted by atomic mass is 9.92. The second-order valence-corrected chi connectivity index (χ2v) is 7.57. The number of rotatable bonds is 5. The zero-order valence-electron chi connectivity index (χ0n) is 16.0. The number of carbonyl (C=O) groups excluding carboxylic acids is 1. The Kier molecular flexibility index (Phi) is 5.77. The molecule has 0 saturated carbocycles. The second kappa shape index (κ2) is 8.04. The third kappa shape index (κ3) is 4.52. The van der Waals surface area contributed by atoms with Gasteiger partial charge in [-0.15, -0.1) is 0 Å². The molecule has 3 rings (SSSR count). The molecule has 1 amide bonds. The monoisotopic (exact) mass is 356 g/mol. The lowest BCUT2D eigenvalue weighted by Gasteiger charge is -2.36. The van der Waals surface area contributed by atoms with E-state index in [4.69, 9.17) is 14.1 Å². The highest BCUT2D eigenvalue weighted by Gasteiger charge is 2.34. The molecule has 140 valence electrons. The first-order valence-electron chi connectivity index (χ1n) is 9.37. The van der Waals surface area contributed by atoms with E-state index < -0.39 is 0 Å². The van der Waals surface area contributed by atoms with Gasteiger partial charge in [0.05, 0.1) is 6.10 Å². The molecule has 1 saturated heterocycles. The molecule has 5 nitrogen and oxygen atoms in total. The molecule has 2 heterocycles. The first-order valence-corrected chi connectivity index (χ1v) is 9.37. The highest BCUT2D eigenvalue weighted by Crippen LogP contribution is 2.36. The molecule has 26 heavy (non-hydrogen) atoms. The van der Waals surface area contributed by atoms with Crippen LogP contribution in [0.3, 0.4) is 0 Å². The zero-order valence-corrected chi connectivity index (χ0v) is 16.0. The Morgan fingerprint density at radius 3 is 2.65 bits per heavy atom. The van der Waals surface area contributed by atoms with Gasteiger partial charge < -0.3 is 14.5 Å². The van der Waals surface area contributed by atoms with Crippen molar-refractivity contribution < 1.29 is 13.9 Å². The molecule has 0 radical (unpaired) electrons. The molecule has 1 aromatic heterocycles. The Hall–Kier alpha value is -2.14. The molecule has 5 heteroatoms. The van der Waals surface area contributed by atoms with Crippen LogP contribution in [-0.2, 0) is 9.53 Å². The SMILES string of the molecule is CC(=O)N[C@H]1C[C@@H](CC(C)C)O[C@@H](c2nc(-c3ccccc3)oc2C)C1. The van der Waals surface area contributed by atoms with Crippen molar-refractivity contribution in [2.24, 2.45) is 5.92 Å². The summed E-state index contributed by atoms with van der Waals surface area (Å²) in [4.78, 5) is 16.3. The number of aromatic nitrogens is 1. The maximum atomic E-state index is 11.6. The van der Waals surface area contributed by atoms with Crippen LogP contribution in [0, 0.1) is 12.8 Å². The molecule has 0 bridgehead atoms. The molecular formula is C21H28N2O3. The molecule has 1 aliphatic rings. The number of amides is 1. The summed E-state index contributed by atoms with van der Waals surface area (Å²) < 4.78 is 12.3. The molecule has 0 aliphatic carbocycles. The van der Waals surface area contributed by atoms with Crippen LogP contribution < -0.4 is 5.32 Å². The predicted molar refractivity (Wildman–Crippen MR) is 101 cm³/mol. The van der Waals surface area contributed by atoms with E-state index in [1.807, 2.05) is 37.3 Å². The smallest absolute Gasteiger partial charge is 0.226 e. The minimum atomic E-state index is -0.162. The van der Waals surface area contributed by atoms with Crippen LogP contribution in [0.4, 0.5) is 0 Å². The fourth-order valence-electron chi connectivity index (χ4n) is 3.69. The van der Waals surface area contributed by atoms with Crippen LogP contribution in [0.1, 0.15) is 57.6 Å². The topological polar surface area (TPSA) is 64.4 Å². The van der Waals surface area contributed by atoms with E-state index in [-0.39, 0.29) is 24.2 Å². The Labute approximate surface area is 155 Å². The summed E-state index contributed by atoms with van der Waals surface area (Å²) in [5, 5.41) is 3.07. The number of oxazole rings is 1. The molecular weight excluding hydrogens is 328 g/mol. The fraction of sp³-hybridized carbons (Fsp3) is 0.524. The summed E-state index contributed by atoms with van der Waals surface area (Å²) in [5.74, 6) is 1.93. The summed E-state index contributed by atoms with van der Waals surface area (Å²) in [7, 11) is 0. The van der Waals surface area contributed by atoms with Crippen molar-refractivity contribution >= 4 is 5.91 Å². The summed E-state index contributed by atoms with van der Waals surface area (Å²) >= 11 is 0. The van der Waals surface area contributed by atoms with Gasteiger partial charge in [-0.05, 0) is 44.2 Å². The lowest BCUT2D eigenvalue weighted by Crippen LogP contribution is -2.42. The van der Waals surface area contributed by atoms with Gasteiger partial charge in [-0.2, -0.15) is 0 Å². The van der Waals surface area contributed by atoms with Crippen LogP contribution in [0.2, 0.25) is 0 Å². The third-order valence-electron chi connectivity index (χ3n) is 4.70.